The number of nitrogens with zero attached hydrogens (tertiary/aromatic N) is 4. The maximum atomic E-state index is 12.7. The monoisotopic (exact) mass is 434 g/mol. The van der Waals surface area contributed by atoms with Crippen molar-refractivity contribution in [3.05, 3.63) is 102 Å². The second-order valence-corrected chi connectivity index (χ2v) is 7.73. The van der Waals surface area contributed by atoms with Crippen LogP contribution in [0.15, 0.2) is 91.3 Å². The number of amides is 1. The summed E-state index contributed by atoms with van der Waals surface area (Å²) in [5.74, 6) is 1.27. The fourth-order valence-corrected chi connectivity index (χ4v) is 3.60. The zero-order chi connectivity index (χ0) is 22.6. The molecule has 7 nitrogen and oxygen atoms in total. The Labute approximate surface area is 191 Å². The summed E-state index contributed by atoms with van der Waals surface area (Å²) in [6.07, 6.45) is 3.33. The molecule has 0 bridgehead atoms. The third-order valence-corrected chi connectivity index (χ3v) is 5.31. The molecule has 0 fully saturated rings. The highest BCUT2D eigenvalue weighted by Crippen LogP contribution is 2.22. The Balaban J connectivity index is 1.28. The summed E-state index contributed by atoms with van der Waals surface area (Å²) in [7, 11) is 1.98. The fourth-order valence-electron chi connectivity index (χ4n) is 3.60. The predicted octanol–water partition coefficient (Wildman–Crippen LogP) is 4.91. The SMILES string of the molecule is CN(Cc1ccccc1)c1ccc(C(=O)Nc2ccc3nc(-c4ccccn4)[nH]c3c2)cn1. The summed E-state index contributed by atoms with van der Waals surface area (Å²) >= 11 is 0. The number of nitrogens with one attached hydrogen (secondary N) is 2. The van der Waals surface area contributed by atoms with E-state index < -0.39 is 0 Å². The Kier molecular flexibility index (Phi) is 5.51. The van der Waals surface area contributed by atoms with Gasteiger partial charge in [0.15, 0.2) is 5.82 Å². The van der Waals surface area contributed by atoms with Gasteiger partial charge in [0.05, 0.1) is 16.6 Å². The highest BCUT2D eigenvalue weighted by atomic mass is 16.1. The number of anilines is 2. The first-order valence-electron chi connectivity index (χ1n) is 10.6. The molecule has 0 radical (unpaired) electrons. The van der Waals surface area contributed by atoms with Gasteiger partial charge < -0.3 is 15.2 Å². The van der Waals surface area contributed by atoms with Gasteiger partial charge in [-0.25, -0.2) is 9.97 Å². The Morgan fingerprint density at radius 2 is 1.82 bits per heavy atom. The molecule has 162 valence electrons. The van der Waals surface area contributed by atoms with Crippen molar-refractivity contribution >= 4 is 28.4 Å². The van der Waals surface area contributed by atoms with Crippen LogP contribution in [0.3, 0.4) is 0 Å². The van der Waals surface area contributed by atoms with Gasteiger partial charge in [-0.3, -0.25) is 9.78 Å². The molecule has 3 heterocycles. The van der Waals surface area contributed by atoms with Crippen LogP contribution in [0.2, 0.25) is 0 Å². The van der Waals surface area contributed by atoms with Gasteiger partial charge in [-0.1, -0.05) is 36.4 Å². The summed E-state index contributed by atoms with van der Waals surface area (Å²) in [4.78, 5) is 31.4. The Bertz CT molecular complexity index is 1380. The summed E-state index contributed by atoms with van der Waals surface area (Å²) in [5, 5.41) is 2.93. The summed E-state index contributed by atoms with van der Waals surface area (Å²) in [6.45, 7) is 0.740. The number of aromatic amines is 1. The second-order valence-electron chi connectivity index (χ2n) is 7.73. The quantitative estimate of drug-likeness (QED) is 0.397. The van der Waals surface area contributed by atoms with Gasteiger partial charge in [0.2, 0.25) is 0 Å². The number of aromatic nitrogens is 4. The number of hydrogen-bond donors (Lipinski definition) is 2. The first-order chi connectivity index (χ1) is 16.2. The molecule has 33 heavy (non-hydrogen) atoms. The van der Waals surface area contributed by atoms with E-state index in [0.29, 0.717) is 17.1 Å². The number of imidazole rings is 1. The van der Waals surface area contributed by atoms with Crippen molar-refractivity contribution in [3.63, 3.8) is 0 Å². The average molecular weight is 435 g/mol. The van der Waals surface area contributed by atoms with Gasteiger partial charge in [-0.2, -0.15) is 0 Å². The van der Waals surface area contributed by atoms with Gasteiger partial charge in [0.1, 0.15) is 11.5 Å². The lowest BCUT2D eigenvalue weighted by Crippen LogP contribution is -2.18. The maximum absolute atomic E-state index is 12.7. The lowest BCUT2D eigenvalue weighted by Gasteiger charge is -2.18. The van der Waals surface area contributed by atoms with Crippen LogP contribution in [0.4, 0.5) is 11.5 Å². The number of rotatable bonds is 6. The molecule has 7 heteroatoms. The van der Waals surface area contributed by atoms with Gasteiger partial charge in [-0.15, -0.1) is 0 Å². The Hall–Kier alpha value is -4.52. The number of benzene rings is 2. The van der Waals surface area contributed by atoms with E-state index in [4.69, 9.17) is 0 Å². The van der Waals surface area contributed by atoms with Crippen molar-refractivity contribution in [2.45, 2.75) is 6.54 Å². The fraction of sp³-hybridized carbons (Fsp3) is 0.0769. The van der Waals surface area contributed by atoms with Crippen LogP contribution in [0.25, 0.3) is 22.6 Å². The molecule has 0 saturated carbocycles. The molecule has 1 amide bonds. The Morgan fingerprint density at radius 1 is 0.970 bits per heavy atom. The summed E-state index contributed by atoms with van der Waals surface area (Å²) in [6, 6.07) is 25.1. The van der Waals surface area contributed by atoms with Crippen molar-refractivity contribution < 1.29 is 4.79 Å². The van der Waals surface area contributed by atoms with E-state index in [1.54, 1.807) is 18.5 Å². The van der Waals surface area contributed by atoms with Gasteiger partial charge in [0.25, 0.3) is 5.91 Å². The largest absolute Gasteiger partial charge is 0.355 e. The molecule has 2 N–H and O–H groups in total. The standard InChI is InChI=1S/C26H22N6O/c1-32(17-18-7-3-2-4-8-18)24-13-10-19(16-28-24)26(33)29-20-11-12-21-23(15-20)31-25(30-21)22-9-5-6-14-27-22/h2-16H,17H2,1H3,(H,29,33)(H,30,31). The zero-order valence-electron chi connectivity index (χ0n) is 18.1. The molecule has 0 atom stereocenters. The van der Waals surface area contributed by atoms with Gasteiger partial charge >= 0.3 is 0 Å². The molecule has 0 aliphatic carbocycles. The highest BCUT2D eigenvalue weighted by molar-refractivity contribution is 6.04. The average Bonchev–Trinajstić information content (AvgIpc) is 3.29. The number of carbonyl (C=O) groups excluding carboxylic acids is 1. The topological polar surface area (TPSA) is 86.8 Å². The molecule has 3 aromatic heterocycles. The molecule has 0 spiro atoms. The van der Waals surface area contributed by atoms with E-state index in [1.807, 2.05) is 72.6 Å². The molecule has 0 unspecified atom stereocenters. The number of pyridine rings is 2. The van der Waals surface area contributed by atoms with E-state index in [0.717, 1.165) is 29.1 Å². The van der Waals surface area contributed by atoms with Crippen molar-refractivity contribution in [1.82, 2.24) is 19.9 Å². The molecule has 0 aliphatic heterocycles. The van der Waals surface area contributed by atoms with Crippen LogP contribution in [0.5, 0.6) is 0 Å². The minimum atomic E-state index is -0.219. The highest BCUT2D eigenvalue weighted by Gasteiger charge is 2.11. The van der Waals surface area contributed by atoms with Crippen LogP contribution in [0, 0.1) is 0 Å². The van der Waals surface area contributed by atoms with Gasteiger partial charge in [-0.05, 0) is 48.0 Å². The van der Waals surface area contributed by atoms with Crippen molar-refractivity contribution in [3.8, 4) is 11.5 Å². The van der Waals surface area contributed by atoms with E-state index in [-0.39, 0.29) is 5.91 Å². The number of fused-ring (bicyclic) bond motifs is 1. The molecule has 2 aromatic carbocycles. The third-order valence-electron chi connectivity index (χ3n) is 5.31. The van der Waals surface area contributed by atoms with E-state index in [2.05, 4.69) is 37.4 Å². The smallest absolute Gasteiger partial charge is 0.257 e. The zero-order valence-corrected chi connectivity index (χ0v) is 18.1. The lowest BCUT2D eigenvalue weighted by molar-refractivity contribution is 0.102. The van der Waals surface area contributed by atoms with Crippen molar-refractivity contribution in [2.24, 2.45) is 0 Å². The maximum Gasteiger partial charge on any atom is 0.257 e. The van der Waals surface area contributed by atoms with Crippen LogP contribution in [-0.2, 0) is 6.54 Å². The number of H-pyrrole nitrogens is 1. The second kappa shape index (κ2) is 8.92. The summed E-state index contributed by atoms with van der Waals surface area (Å²) < 4.78 is 0. The van der Waals surface area contributed by atoms with E-state index in [9.17, 15) is 4.79 Å². The van der Waals surface area contributed by atoms with E-state index >= 15 is 0 Å². The molecular weight excluding hydrogens is 412 g/mol. The molecular formula is C26H22N6O. The first-order valence-corrected chi connectivity index (χ1v) is 10.6. The van der Waals surface area contributed by atoms with Crippen LogP contribution >= 0.6 is 0 Å². The predicted molar refractivity (Wildman–Crippen MR) is 130 cm³/mol. The van der Waals surface area contributed by atoms with Crippen molar-refractivity contribution in [2.75, 3.05) is 17.3 Å². The number of carbonyl (C=O) groups is 1. The van der Waals surface area contributed by atoms with E-state index in [1.165, 1.54) is 5.56 Å². The van der Waals surface area contributed by atoms with Gasteiger partial charge in [0, 0.05) is 31.7 Å². The third kappa shape index (κ3) is 4.57. The Morgan fingerprint density at radius 3 is 2.58 bits per heavy atom. The molecule has 0 saturated heterocycles. The normalized spacial score (nSPS) is 10.8. The molecule has 5 aromatic rings. The minimum Gasteiger partial charge on any atom is -0.355 e. The van der Waals surface area contributed by atoms with Crippen molar-refractivity contribution in [1.29, 1.82) is 0 Å². The minimum absolute atomic E-state index is 0.219. The molecule has 5 rings (SSSR count). The first kappa shape index (κ1) is 20.4. The summed E-state index contributed by atoms with van der Waals surface area (Å²) in [5.41, 5.74) is 4.76. The van der Waals surface area contributed by atoms with Crippen LogP contribution in [-0.4, -0.2) is 32.9 Å². The lowest BCUT2D eigenvalue weighted by atomic mass is 10.2. The number of hydrogen-bond acceptors (Lipinski definition) is 5. The van der Waals surface area contributed by atoms with Crippen LogP contribution < -0.4 is 10.2 Å². The molecule has 0 aliphatic rings. The van der Waals surface area contributed by atoms with Crippen LogP contribution in [0.1, 0.15) is 15.9 Å².